The van der Waals surface area contributed by atoms with Crippen molar-refractivity contribution < 1.29 is 9.90 Å². The van der Waals surface area contributed by atoms with E-state index in [-0.39, 0.29) is 6.42 Å². The zero-order valence-corrected chi connectivity index (χ0v) is 5.82. The number of aromatic nitrogens is 2. The Morgan fingerprint density at radius 2 is 2.64 bits per heavy atom. The zero-order chi connectivity index (χ0) is 8.27. The van der Waals surface area contributed by atoms with Crippen LogP contribution in [-0.4, -0.2) is 21.0 Å². The number of carboxylic acids is 1. The molecule has 0 bridgehead atoms. The molecular weight excluding hydrogens is 146 g/mol. The summed E-state index contributed by atoms with van der Waals surface area (Å²) < 4.78 is 0. The van der Waals surface area contributed by atoms with Gasteiger partial charge >= 0.3 is 5.97 Å². The zero-order valence-electron chi connectivity index (χ0n) is 5.82. The van der Waals surface area contributed by atoms with Crippen molar-refractivity contribution in [1.29, 1.82) is 0 Å². The molecule has 0 radical (unpaired) electrons. The Labute approximate surface area is 63.3 Å². The van der Waals surface area contributed by atoms with E-state index in [0.717, 1.165) is 0 Å². The third-order valence-corrected chi connectivity index (χ3v) is 1.27. The summed E-state index contributed by atoms with van der Waals surface area (Å²) in [5.41, 5.74) is 5.47. The van der Waals surface area contributed by atoms with Crippen LogP contribution in [0.3, 0.4) is 0 Å². The Bertz CT molecular complexity index is 232. The summed E-state index contributed by atoms with van der Waals surface area (Å²) in [6.07, 6.45) is 3.04. The molecule has 1 aromatic rings. The van der Waals surface area contributed by atoms with Crippen molar-refractivity contribution in [2.24, 2.45) is 5.73 Å². The monoisotopic (exact) mass is 155 g/mol. The number of aromatic amines is 1. The summed E-state index contributed by atoms with van der Waals surface area (Å²) in [5.74, 6) is -0.415. The van der Waals surface area contributed by atoms with Gasteiger partial charge in [0.05, 0.1) is 12.5 Å². The standard InChI is InChI=1S/C6H9N3O2/c7-4(3-5(10)11)6-8-1-2-9-6/h1-2,4H,3,7H2,(H,8,9)(H,10,11)/t4-/m0/s1. The van der Waals surface area contributed by atoms with E-state index >= 15 is 0 Å². The largest absolute Gasteiger partial charge is 0.481 e. The van der Waals surface area contributed by atoms with E-state index in [4.69, 9.17) is 10.8 Å². The molecule has 5 heteroatoms. The lowest BCUT2D eigenvalue weighted by Gasteiger charge is -2.03. The van der Waals surface area contributed by atoms with E-state index in [9.17, 15) is 4.79 Å². The van der Waals surface area contributed by atoms with E-state index in [1.165, 1.54) is 6.20 Å². The lowest BCUT2D eigenvalue weighted by molar-refractivity contribution is -0.137. The Kier molecular flexibility index (Phi) is 2.22. The van der Waals surface area contributed by atoms with Crippen LogP contribution in [0.5, 0.6) is 0 Å². The number of rotatable bonds is 3. The van der Waals surface area contributed by atoms with Crippen molar-refractivity contribution in [2.75, 3.05) is 0 Å². The molecule has 0 aromatic carbocycles. The third-order valence-electron chi connectivity index (χ3n) is 1.27. The molecule has 0 unspecified atom stereocenters. The first kappa shape index (κ1) is 7.74. The first-order valence-electron chi connectivity index (χ1n) is 3.17. The molecule has 60 valence electrons. The second kappa shape index (κ2) is 3.16. The molecule has 0 amide bonds. The van der Waals surface area contributed by atoms with Crippen LogP contribution in [0.1, 0.15) is 18.3 Å². The molecule has 0 aliphatic rings. The van der Waals surface area contributed by atoms with Gasteiger partial charge in [-0.3, -0.25) is 4.79 Å². The van der Waals surface area contributed by atoms with Crippen molar-refractivity contribution in [2.45, 2.75) is 12.5 Å². The van der Waals surface area contributed by atoms with Crippen LogP contribution in [-0.2, 0) is 4.79 Å². The normalized spacial score (nSPS) is 12.8. The average molecular weight is 155 g/mol. The minimum absolute atomic E-state index is 0.104. The van der Waals surface area contributed by atoms with E-state index in [1.807, 2.05) is 0 Å². The van der Waals surface area contributed by atoms with Crippen molar-refractivity contribution in [3.63, 3.8) is 0 Å². The fourth-order valence-electron chi connectivity index (χ4n) is 0.765. The number of nitrogens with two attached hydrogens (primary N) is 1. The summed E-state index contributed by atoms with van der Waals surface area (Å²) in [6.45, 7) is 0. The smallest absolute Gasteiger partial charge is 0.305 e. The number of nitrogens with one attached hydrogen (secondary N) is 1. The van der Waals surface area contributed by atoms with Crippen molar-refractivity contribution in [3.05, 3.63) is 18.2 Å². The summed E-state index contributed by atoms with van der Waals surface area (Å²) >= 11 is 0. The van der Waals surface area contributed by atoms with E-state index in [2.05, 4.69) is 9.97 Å². The second-order valence-electron chi connectivity index (χ2n) is 2.18. The Morgan fingerprint density at radius 3 is 3.09 bits per heavy atom. The van der Waals surface area contributed by atoms with Gasteiger partial charge in [0.1, 0.15) is 5.82 Å². The maximum atomic E-state index is 10.2. The molecular formula is C6H9N3O2. The number of carboxylic acid groups (broad SMARTS) is 1. The molecule has 1 rings (SSSR count). The molecule has 4 N–H and O–H groups in total. The molecule has 1 aromatic heterocycles. The van der Waals surface area contributed by atoms with Gasteiger partial charge in [-0.2, -0.15) is 0 Å². The van der Waals surface area contributed by atoms with E-state index in [1.54, 1.807) is 6.20 Å². The molecule has 0 aliphatic heterocycles. The van der Waals surface area contributed by atoms with Crippen LogP contribution >= 0.6 is 0 Å². The molecule has 0 saturated heterocycles. The second-order valence-corrected chi connectivity index (χ2v) is 2.18. The van der Waals surface area contributed by atoms with Crippen LogP contribution in [0.4, 0.5) is 0 Å². The molecule has 0 aliphatic carbocycles. The van der Waals surface area contributed by atoms with Gasteiger partial charge in [0.15, 0.2) is 0 Å². The molecule has 11 heavy (non-hydrogen) atoms. The van der Waals surface area contributed by atoms with Crippen molar-refractivity contribution >= 4 is 5.97 Å². The Morgan fingerprint density at radius 1 is 1.91 bits per heavy atom. The van der Waals surface area contributed by atoms with Crippen LogP contribution < -0.4 is 5.73 Å². The molecule has 0 saturated carbocycles. The summed E-state index contributed by atoms with van der Waals surface area (Å²) in [6, 6.07) is -0.539. The van der Waals surface area contributed by atoms with Crippen LogP contribution in [0.25, 0.3) is 0 Å². The predicted octanol–water partition coefficient (Wildman–Crippen LogP) is -0.116. The van der Waals surface area contributed by atoms with Gasteiger partial charge in [0.2, 0.25) is 0 Å². The number of H-pyrrole nitrogens is 1. The van der Waals surface area contributed by atoms with Crippen molar-refractivity contribution in [3.8, 4) is 0 Å². The first-order valence-corrected chi connectivity index (χ1v) is 3.17. The molecule has 1 atom stereocenters. The third kappa shape index (κ3) is 2.05. The van der Waals surface area contributed by atoms with Gasteiger partial charge in [0, 0.05) is 12.4 Å². The highest BCUT2D eigenvalue weighted by atomic mass is 16.4. The Hall–Kier alpha value is -1.36. The summed E-state index contributed by atoms with van der Waals surface area (Å²) in [7, 11) is 0. The quantitative estimate of drug-likeness (QED) is 0.567. The van der Waals surface area contributed by atoms with E-state index < -0.39 is 12.0 Å². The summed E-state index contributed by atoms with van der Waals surface area (Å²) in [5, 5.41) is 8.36. The Balaban J connectivity index is 2.56. The number of aliphatic carboxylic acids is 1. The highest BCUT2D eigenvalue weighted by Gasteiger charge is 2.11. The average Bonchev–Trinajstić information content (AvgIpc) is 2.35. The van der Waals surface area contributed by atoms with Gasteiger partial charge in [-0.25, -0.2) is 4.98 Å². The molecule has 5 nitrogen and oxygen atoms in total. The number of carbonyl (C=O) groups is 1. The maximum Gasteiger partial charge on any atom is 0.305 e. The lowest BCUT2D eigenvalue weighted by atomic mass is 10.2. The first-order chi connectivity index (χ1) is 5.20. The fraction of sp³-hybridized carbons (Fsp3) is 0.333. The topological polar surface area (TPSA) is 92.0 Å². The van der Waals surface area contributed by atoms with Gasteiger partial charge in [-0.15, -0.1) is 0 Å². The minimum Gasteiger partial charge on any atom is -0.481 e. The van der Waals surface area contributed by atoms with Crippen LogP contribution in [0, 0.1) is 0 Å². The lowest BCUT2D eigenvalue weighted by Crippen LogP contribution is -2.16. The highest BCUT2D eigenvalue weighted by molar-refractivity contribution is 5.67. The highest BCUT2D eigenvalue weighted by Crippen LogP contribution is 2.06. The molecule has 0 spiro atoms. The number of imidazole rings is 1. The van der Waals surface area contributed by atoms with Crippen molar-refractivity contribution in [1.82, 2.24) is 9.97 Å². The van der Waals surface area contributed by atoms with Crippen LogP contribution in [0.15, 0.2) is 12.4 Å². The van der Waals surface area contributed by atoms with Crippen LogP contribution in [0.2, 0.25) is 0 Å². The van der Waals surface area contributed by atoms with Gasteiger partial charge < -0.3 is 15.8 Å². The molecule has 1 heterocycles. The summed E-state index contributed by atoms with van der Waals surface area (Å²) in [4.78, 5) is 16.8. The fourth-order valence-corrected chi connectivity index (χ4v) is 0.765. The number of nitrogens with zero attached hydrogens (tertiary/aromatic N) is 1. The minimum atomic E-state index is -0.922. The number of hydrogen-bond donors (Lipinski definition) is 3. The van der Waals surface area contributed by atoms with Gasteiger partial charge in [-0.05, 0) is 0 Å². The SMILES string of the molecule is N[C@@H](CC(=O)O)c1ncc[nH]1. The molecule has 0 fully saturated rings. The van der Waals surface area contributed by atoms with Gasteiger partial charge in [0.25, 0.3) is 0 Å². The number of hydrogen-bond acceptors (Lipinski definition) is 3. The van der Waals surface area contributed by atoms with Gasteiger partial charge in [-0.1, -0.05) is 0 Å². The predicted molar refractivity (Wildman–Crippen MR) is 37.8 cm³/mol. The maximum absolute atomic E-state index is 10.2. The van der Waals surface area contributed by atoms with E-state index in [0.29, 0.717) is 5.82 Å².